The minimum Gasteiger partial charge on any atom is -0.503 e. The molecule has 0 radical (unpaired) electrons. The summed E-state index contributed by atoms with van der Waals surface area (Å²) in [6.07, 6.45) is 1.73. The maximum Gasteiger partial charge on any atom is 0.293 e. The van der Waals surface area contributed by atoms with Gasteiger partial charge in [0.1, 0.15) is 0 Å². The monoisotopic (exact) mass is 397 g/mol. The van der Waals surface area contributed by atoms with Crippen LogP contribution >= 0.6 is 0 Å². The SMILES string of the molecule is COc1ncccc1C1C(CC(C)(C)O)=C(O)C(=O)N1c1ccc(N(C)C)cc1. The van der Waals surface area contributed by atoms with Gasteiger partial charge in [-0.25, -0.2) is 4.98 Å². The number of benzene rings is 1. The molecule has 7 nitrogen and oxygen atoms in total. The summed E-state index contributed by atoms with van der Waals surface area (Å²) in [5, 5.41) is 21.1. The first kappa shape index (κ1) is 20.7. The van der Waals surface area contributed by atoms with Crippen LogP contribution in [0.5, 0.6) is 5.88 Å². The minimum absolute atomic E-state index is 0.125. The Morgan fingerprint density at radius 3 is 2.41 bits per heavy atom. The summed E-state index contributed by atoms with van der Waals surface area (Å²) < 4.78 is 5.42. The molecule has 3 rings (SSSR count). The number of pyridine rings is 1. The van der Waals surface area contributed by atoms with Gasteiger partial charge in [-0.3, -0.25) is 9.69 Å². The van der Waals surface area contributed by atoms with E-state index in [1.807, 2.05) is 49.3 Å². The molecule has 7 heteroatoms. The fraction of sp³-hybridized carbons (Fsp3) is 0.364. The molecule has 1 atom stereocenters. The van der Waals surface area contributed by atoms with Crippen molar-refractivity contribution in [2.45, 2.75) is 31.9 Å². The standard InChI is InChI=1S/C22H27N3O4/c1-22(2,28)13-17-18(16-7-6-12-23-20(16)29-5)25(21(27)19(17)26)15-10-8-14(9-11-15)24(3)4/h6-12,18,26,28H,13H2,1-5H3. The molecule has 1 aliphatic heterocycles. The topological polar surface area (TPSA) is 86.1 Å². The van der Waals surface area contributed by atoms with E-state index < -0.39 is 17.6 Å². The van der Waals surface area contributed by atoms with E-state index in [-0.39, 0.29) is 12.2 Å². The minimum atomic E-state index is -1.11. The molecule has 1 amide bonds. The van der Waals surface area contributed by atoms with Gasteiger partial charge in [0.05, 0.1) is 18.8 Å². The normalized spacial score (nSPS) is 17.1. The van der Waals surface area contributed by atoms with Gasteiger partial charge in [-0.2, -0.15) is 0 Å². The maximum atomic E-state index is 13.1. The van der Waals surface area contributed by atoms with Gasteiger partial charge in [0, 0.05) is 49.2 Å². The van der Waals surface area contributed by atoms with E-state index in [9.17, 15) is 15.0 Å². The lowest BCUT2D eigenvalue weighted by Gasteiger charge is -2.30. The molecule has 0 saturated carbocycles. The molecule has 0 bridgehead atoms. The summed E-state index contributed by atoms with van der Waals surface area (Å²) in [5.41, 5.74) is 1.59. The van der Waals surface area contributed by atoms with Crippen molar-refractivity contribution in [2.24, 2.45) is 0 Å². The first-order valence-electron chi connectivity index (χ1n) is 9.38. The number of hydrogen-bond acceptors (Lipinski definition) is 6. The molecule has 2 heterocycles. The number of carbonyl (C=O) groups excluding carboxylic acids is 1. The van der Waals surface area contributed by atoms with Gasteiger partial charge >= 0.3 is 0 Å². The van der Waals surface area contributed by atoms with Crippen LogP contribution in [0.3, 0.4) is 0 Å². The molecule has 154 valence electrons. The van der Waals surface area contributed by atoms with Gasteiger partial charge in [-0.05, 0) is 50.2 Å². The van der Waals surface area contributed by atoms with Gasteiger partial charge in [-0.1, -0.05) is 0 Å². The average Bonchev–Trinajstić information content (AvgIpc) is 2.91. The molecule has 1 aromatic carbocycles. The zero-order valence-electron chi connectivity index (χ0n) is 17.4. The summed E-state index contributed by atoms with van der Waals surface area (Å²) in [7, 11) is 5.39. The number of ether oxygens (including phenoxy) is 1. The van der Waals surface area contributed by atoms with Crippen molar-refractivity contribution < 1.29 is 19.7 Å². The summed E-state index contributed by atoms with van der Waals surface area (Å²) in [5.74, 6) is -0.499. The summed E-state index contributed by atoms with van der Waals surface area (Å²) >= 11 is 0. The summed E-state index contributed by atoms with van der Waals surface area (Å²) in [6.45, 7) is 3.29. The van der Waals surface area contributed by atoms with E-state index in [2.05, 4.69) is 4.98 Å². The van der Waals surface area contributed by atoms with Gasteiger partial charge in [-0.15, -0.1) is 0 Å². The fourth-order valence-corrected chi connectivity index (χ4v) is 3.59. The van der Waals surface area contributed by atoms with Crippen molar-refractivity contribution in [3.05, 3.63) is 59.5 Å². The van der Waals surface area contributed by atoms with Crippen LogP contribution in [-0.2, 0) is 4.79 Å². The van der Waals surface area contributed by atoms with E-state index in [1.54, 1.807) is 26.1 Å². The fourth-order valence-electron chi connectivity index (χ4n) is 3.59. The number of carbonyl (C=O) groups is 1. The zero-order valence-corrected chi connectivity index (χ0v) is 17.4. The Balaban J connectivity index is 2.15. The third kappa shape index (κ3) is 4.05. The van der Waals surface area contributed by atoms with E-state index in [0.717, 1.165) is 5.69 Å². The van der Waals surface area contributed by atoms with Crippen LogP contribution in [0.1, 0.15) is 31.9 Å². The second kappa shape index (κ2) is 7.75. The molecule has 2 N–H and O–H groups in total. The quantitative estimate of drug-likeness (QED) is 0.778. The smallest absolute Gasteiger partial charge is 0.293 e. The van der Waals surface area contributed by atoms with Crippen LogP contribution in [0.4, 0.5) is 11.4 Å². The molecular weight excluding hydrogens is 370 g/mol. The lowest BCUT2D eigenvalue weighted by molar-refractivity contribution is -0.117. The Morgan fingerprint density at radius 1 is 1.21 bits per heavy atom. The van der Waals surface area contributed by atoms with Crippen molar-refractivity contribution in [1.82, 2.24) is 4.98 Å². The largest absolute Gasteiger partial charge is 0.503 e. The predicted octanol–water partition coefficient (Wildman–Crippen LogP) is 3.22. The number of aliphatic hydroxyl groups excluding tert-OH is 1. The van der Waals surface area contributed by atoms with E-state index in [0.29, 0.717) is 22.7 Å². The first-order chi connectivity index (χ1) is 13.6. The molecular formula is C22H27N3O4. The van der Waals surface area contributed by atoms with Gasteiger partial charge in [0.25, 0.3) is 5.91 Å². The van der Waals surface area contributed by atoms with Gasteiger partial charge < -0.3 is 19.8 Å². The van der Waals surface area contributed by atoms with Crippen molar-refractivity contribution in [1.29, 1.82) is 0 Å². The Morgan fingerprint density at radius 2 is 1.86 bits per heavy atom. The molecule has 0 fully saturated rings. The molecule has 29 heavy (non-hydrogen) atoms. The van der Waals surface area contributed by atoms with Crippen LogP contribution in [0, 0.1) is 0 Å². The van der Waals surface area contributed by atoms with E-state index >= 15 is 0 Å². The van der Waals surface area contributed by atoms with Crippen LogP contribution in [0.2, 0.25) is 0 Å². The Hall–Kier alpha value is -3.06. The number of hydrogen-bond donors (Lipinski definition) is 2. The van der Waals surface area contributed by atoms with Crippen molar-refractivity contribution >= 4 is 17.3 Å². The molecule has 0 saturated heterocycles. The van der Waals surface area contributed by atoms with Crippen molar-refractivity contribution in [3.63, 3.8) is 0 Å². The number of amides is 1. The van der Waals surface area contributed by atoms with Crippen molar-refractivity contribution in [3.8, 4) is 5.88 Å². The van der Waals surface area contributed by atoms with Gasteiger partial charge in [0.15, 0.2) is 5.76 Å². The van der Waals surface area contributed by atoms with Crippen LogP contribution < -0.4 is 14.5 Å². The molecule has 2 aromatic rings. The Labute approximate surface area is 170 Å². The molecule has 1 unspecified atom stereocenters. The molecule has 0 spiro atoms. The lowest BCUT2D eigenvalue weighted by atomic mass is 9.90. The second-order valence-electron chi connectivity index (χ2n) is 7.95. The second-order valence-corrected chi connectivity index (χ2v) is 7.95. The number of aromatic nitrogens is 1. The number of anilines is 2. The maximum absolute atomic E-state index is 13.1. The highest BCUT2D eigenvalue weighted by Gasteiger charge is 2.44. The first-order valence-corrected chi connectivity index (χ1v) is 9.38. The number of rotatable bonds is 6. The van der Waals surface area contributed by atoms with Crippen molar-refractivity contribution in [2.75, 3.05) is 31.0 Å². The number of aliphatic hydroxyl groups is 2. The zero-order chi connectivity index (χ0) is 21.3. The van der Waals surface area contributed by atoms with Crippen LogP contribution in [-0.4, -0.2) is 47.9 Å². The number of nitrogens with zero attached hydrogens (tertiary/aromatic N) is 3. The van der Waals surface area contributed by atoms with Crippen LogP contribution in [0.15, 0.2) is 53.9 Å². The number of methoxy groups -OCH3 is 1. The highest BCUT2D eigenvalue weighted by atomic mass is 16.5. The summed E-state index contributed by atoms with van der Waals surface area (Å²) in [6, 6.07) is 10.4. The van der Waals surface area contributed by atoms with E-state index in [4.69, 9.17) is 4.74 Å². The Kier molecular flexibility index (Phi) is 5.53. The molecule has 0 aliphatic carbocycles. The highest BCUT2D eigenvalue weighted by Crippen LogP contribution is 2.45. The molecule has 1 aliphatic rings. The summed E-state index contributed by atoms with van der Waals surface area (Å²) in [4.78, 5) is 20.8. The lowest BCUT2D eigenvalue weighted by Crippen LogP contribution is -2.31. The highest BCUT2D eigenvalue weighted by molar-refractivity contribution is 6.08. The third-order valence-corrected chi connectivity index (χ3v) is 4.87. The van der Waals surface area contributed by atoms with Crippen LogP contribution in [0.25, 0.3) is 0 Å². The van der Waals surface area contributed by atoms with Gasteiger partial charge in [0.2, 0.25) is 5.88 Å². The molecule has 1 aromatic heterocycles. The average molecular weight is 397 g/mol. The third-order valence-electron chi connectivity index (χ3n) is 4.87. The Bertz CT molecular complexity index is 930. The predicted molar refractivity (Wildman–Crippen MR) is 112 cm³/mol. The van der Waals surface area contributed by atoms with E-state index in [1.165, 1.54) is 12.0 Å².